The highest BCUT2D eigenvalue weighted by atomic mass is 35.5. The summed E-state index contributed by atoms with van der Waals surface area (Å²) in [5.41, 5.74) is 3.54. The molecule has 0 aliphatic rings. The molecule has 1 N–H and O–H groups in total. The second-order valence-corrected chi connectivity index (χ2v) is 7.93. The van der Waals surface area contributed by atoms with Crippen molar-refractivity contribution in [1.82, 2.24) is 18.9 Å². The first-order valence-corrected chi connectivity index (χ1v) is 10.7. The molecule has 7 nitrogen and oxygen atoms in total. The van der Waals surface area contributed by atoms with Crippen molar-refractivity contribution in [2.75, 3.05) is 0 Å². The van der Waals surface area contributed by atoms with E-state index < -0.39 is 0 Å². The van der Waals surface area contributed by atoms with E-state index in [1.165, 1.54) is 10.9 Å². The number of rotatable bonds is 5. The Labute approximate surface area is 188 Å². The Kier molecular flexibility index (Phi) is 5.64. The van der Waals surface area contributed by atoms with E-state index in [4.69, 9.17) is 23.2 Å². The number of halogens is 2. The van der Waals surface area contributed by atoms with Crippen LogP contribution >= 0.6 is 23.2 Å². The molecule has 0 fully saturated rings. The number of aromatic amines is 1. The van der Waals surface area contributed by atoms with Crippen molar-refractivity contribution >= 4 is 46.1 Å². The number of nitrogens with one attached hydrogen (secondary N) is 1. The lowest BCUT2D eigenvalue weighted by Gasteiger charge is -2.04. The van der Waals surface area contributed by atoms with Crippen LogP contribution in [0.4, 0.5) is 5.69 Å². The van der Waals surface area contributed by atoms with E-state index in [1.54, 1.807) is 34.3 Å². The molecule has 31 heavy (non-hydrogen) atoms. The molecule has 0 amide bonds. The van der Waals surface area contributed by atoms with Gasteiger partial charge < -0.3 is 0 Å². The van der Waals surface area contributed by atoms with Crippen LogP contribution in [0.3, 0.4) is 0 Å². The molecule has 0 radical (unpaired) electrons. The van der Waals surface area contributed by atoms with Crippen molar-refractivity contribution in [3.63, 3.8) is 0 Å². The lowest BCUT2D eigenvalue weighted by atomic mass is 10.2. The minimum Gasteiger partial charge on any atom is -0.295 e. The predicted molar refractivity (Wildman–Crippen MR) is 126 cm³/mol. The minimum absolute atomic E-state index is 0.0381. The number of aryl methyl sites for hydroxylation is 3. The number of hydrogen-bond donors (Lipinski definition) is 1. The van der Waals surface area contributed by atoms with Gasteiger partial charge >= 0.3 is 5.69 Å². The zero-order valence-electron chi connectivity index (χ0n) is 17.3. The van der Waals surface area contributed by atoms with Crippen LogP contribution in [0.25, 0.3) is 16.7 Å². The second-order valence-electron chi connectivity index (χ2n) is 7.09. The fourth-order valence-corrected chi connectivity index (χ4v) is 4.05. The molecule has 2 heterocycles. The van der Waals surface area contributed by atoms with Crippen molar-refractivity contribution < 1.29 is 0 Å². The quantitative estimate of drug-likeness (QED) is 0.441. The van der Waals surface area contributed by atoms with Crippen molar-refractivity contribution in [1.29, 1.82) is 0 Å². The molecule has 2 aromatic carbocycles. The third-order valence-corrected chi connectivity index (χ3v) is 5.80. The Balaban J connectivity index is 1.77. The molecule has 4 rings (SSSR count). The zero-order chi connectivity index (χ0) is 22.3. The van der Waals surface area contributed by atoms with Crippen molar-refractivity contribution in [2.45, 2.75) is 33.9 Å². The topological polar surface area (TPSA) is 77.1 Å². The smallest absolute Gasteiger partial charge is 0.295 e. The van der Waals surface area contributed by atoms with Gasteiger partial charge in [-0.05, 0) is 57.2 Å². The van der Waals surface area contributed by atoms with Gasteiger partial charge in [-0.15, -0.1) is 0 Å². The van der Waals surface area contributed by atoms with E-state index in [1.807, 2.05) is 32.0 Å². The highest BCUT2D eigenvalue weighted by molar-refractivity contribution is 6.34. The number of hydrogen-bond acceptors (Lipinski definition) is 3. The molecule has 4 aromatic rings. The van der Waals surface area contributed by atoms with Crippen molar-refractivity contribution in [3.05, 3.63) is 78.5 Å². The third-order valence-electron chi connectivity index (χ3n) is 5.24. The maximum atomic E-state index is 13.0. The van der Waals surface area contributed by atoms with Gasteiger partial charge in [-0.3, -0.25) is 24.0 Å². The lowest BCUT2D eigenvalue weighted by molar-refractivity contribution is 0.671. The molecule has 0 bridgehead atoms. The number of imidazole rings is 1. The molecular weight excluding hydrogens is 437 g/mol. The highest BCUT2D eigenvalue weighted by Gasteiger charge is 2.14. The molecule has 9 heteroatoms. The summed E-state index contributed by atoms with van der Waals surface area (Å²) in [4.78, 5) is 30.0. The van der Waals surface area contributed by atoms with Crippen molar-refractivity contribution in [3.8, 4) is 5.69 Å². The van der Waals surface area contributed by atoms with Gasteiger partial charge in [0.05, 0.1) is 33.0 Å². The summed E-state index contributed by atoms with van der Waals surface area (Å²) in [5, 5.41) is 3.90. The Morgan fingerprint density at radius 1 is 1.00 bits per heavy atom. The largest absolute Gasteiger partial charge is 0.329 e. The average Bonchev–Trinajstić information content (AvgIpc) is 3.19. The summed E-state index contributed by atoms with van der Waals surface area (Å²) < 4.78 is 4.80. The third kappa shape index (κ3) is 3.64. The molecule has 0 saturated carbocycles. The van der Waals surface area contributed by atoms with Crippen LogP contribution in [0.1, 0.15) is 25.1 Å². The Morgan fingerprint density at radius 2 is 1.71 bits per heavy atom. The number of aromatic nitrogens is 4. The van der Waals surface area contributed by atoms with Gasteiger partial charge in [0.15, 0.2) is 0 Å². The van der Waals surface area contributed by atoms with Crippen LogP contribution in [0.15, 0.2) is 51.0 Å². The van der Waals surface area contributed by atoms with Crippen LogP contribution < -0.4 is 11.2 Å². The maximum absolute atomic E-state index is 13.0. The number of benzene rings is 2. The summed E-state index contributed by atoms with van der Waals surface area (Å²) in [6, 6.07) is 10.5. The average molecular weight is 458 g/mol. The van der Waals surface area contributed by atoms with Gasteiger partial charge in [0.2, 0.25) is 0 Å². The molecule has 0 aliphatic heterocycles. The summed E-state index contributed by atoms with van der Waals surface area (Å²) >= 11 is 12.3. The van der Waals surface area contributed by atoms with Gasteiger partial charge in [0.1, 0.15) is 0 Å². The van der Waals surface area contributed by atoms with E-state index in [-0.39, 0.29) is 11.2 Å². The highest BCUT2D eigenvalue weighted by Crippen LogP contribution is 2.24. The first-order valence-electron chi connectivity index (χ1n) is 9.89. The fourth-order valence-electron chi connectivity index (χ4n) is 3.68. The second kappa shape index (κ2) is 8.24. The number of aliphatic imine (C=N–C) groups is 1. The van der Waals surface area contributed by atoms with E-state index in [9.17, 15) is 9.59 Å². The molecule has 160 valence electrons. The SMILES string of the molecule is CCn1c(=O)n(CC)c2cc(N=Cc3c(C)[nH]n(-c4cc(Cl)ccc4Cl)c3=O)ccc21. The van der Waals surface area contributed by atoms with Crippen LogP contribution in [0.2, 0.25) is 10.0 Å². The van der Waals surface area contributed by atoms with Crippen molar-refractivity contribution in [2.24, 2.45) is 4.99 Å². The van der Waals surface area contributed by atoms with Gasteiger partial charge in [-0.1, -0.05) is 23.2 Å². The van der Waals surface area contributed by atoms with E-state index in [2.05, 4.69) is 10.1 Å². The predicted octanol–water partition coefficient (Wildman–Crippen LogP) is 4.69. The minimum atomic E-state index is -0.283. The molecule has 0 spiro atoms. The summed E-state index contributed by atoms with van der Waals surface area (Å²) in [6.07, 6.45) is 1.52. The summed E-state index contributed by atoms with van der Waals surface area (Å²) in [7, 11) is 0. The molecular formula is C22H21Cl2N5O2. The molecule has 0 unspecified atom stereocenters. The van der Waals surface area contributed by atoms with E-state index in [0.29, 0.717) is 45.8 Å². The Bertz CT molecular complexity index is 1440. The Morgan fingerprint density at radius 3 is 2.42 bits per heavy atom. The van der Waals surface area contributed by atoms with Crippen LogP contribution in [-0.2, 0) is 13.1 Å². The van der Waals surface area contributed by atoms with Gasteiger partial charge in [-0.25, -0.2) is 9.48 Å². The van der Waals surface area contributed by atoms with Gasteiger partial charge in [-0.2, -0.15) is 0 Å². The summed E-state index contributed by atoms with van der Waals surface area (Å²) in [6.45, 7) is 6.83. The number of nitrogens with zero attached hydrogens (tertiary/aromatic N) is 4. The van der Waals surface area contributed by atoms with Crippen LogP contribution in [0.5, 0.6) is 0 Å². The fraction of sp³-hybridized carbons (Fsp3) is 0.227. The first-order chi connectivity index (χ1) is 14.8. The Hall–Kier alpha value is -3.03. The first kappa shape index (κ1) is 21.2. The standard InChI is InChI=1S/C22H21Cl2N5O2/c1-4-27-18-9-7-15(11-20(18)28(5-2)22(27)31)25-12-16-13(3)26-29(21(16)30)19-10-14(23)6-8-17(19)24/h6-12,26H,4-5H2,1-3H3. The molecule has 2 aromatic heterocycles. The molecule has 0 saturated heterocycles. The lowest BCUT2D eigenvalue weighted by Crippen LogP contribution is -2.22. The molecule has 0 atom stereocenters. The van der Waals surface area contributed by atoms with E-state index in [0.717, 1.165) is 11.0 Å². The monoisotopic (exact) mass is 457 g/mol. The number of fused-ring (bicyclic) bond motifs is 1. The summed E-state index contributed by atoms with van der Waals surface area (Å²) in [5.74, 6) is 0. The molecule has 0 aliphatic carbocycles. The van der Waals surface area contributed by atoms with E-state index >= 15 is 0 Å². The number of H-pyrrole nitrogens is 1. The van der Waals surface area contributed by atoms with Crippen LogP contribution in [-0.4, -0.2) is 25.1 Å². The maximum Gasteiger partial charge on any atom is 0.329 e. The van der Waals surface area contributed by atoms with Crippen LogP contribution in [0, 0.1) is 6.92 Å². The zero-order valence-corrected chi connectivity index (χ0v) is 18.8. The van der Waals surface area contributed by atoms with Gasteiger partial charge in [0.25, 0.3) is 5.56 Å². The van der Waals surface area contributed by atoms with Gasteiger partial charge in [0, 0.05) is 30.0 Å². The normalized spacial score (nSPS) is 11.8.